The summed E-state index contributed by atoms with van der Waals surface area (Å²) in [5.41, 5.74) is 1.14. The lowest BCUT2D eigenvalue weighted by Crippen LogP contribution is -2.38. The van der Waals surface area contributed by atoms with Crippen LogP contribution in [0.15, 0.2) is 48.5 Å². The first-order valence-corrected chi connectivity index (χ1v) is 8.33. The van der Waals surface area contributed by atoms with E-state index in [1.165, 1.54) is 0 Å². The zero-order valence-electron chi connectivity index (χ0n) is 13.9. The van der Waals surface area contributed by atoms with E-state index in [1.807, 2.05) is 31.2 Å². The molecule has 0 aliphatic heterocycles. The first-order chi connectivity index (χ1) is 11.6. The van der Waals surface area contributed by atoms with Gasteiger partial charge in [0.15, 0.2) is 6.10 Å². The first kappa shape index (κ1) is 18.1. The van der Waals surface area contributed by atoms with Crippen molar-refractivity contribution in [3.05, 3.63) is 59.1 Å². The molecule has 1 N–H and O–H groups in total. The summed E-state index contributed by atoms with van der Waals surface area (Å²) in [5, 5.41) is 3.50. The molecule has 2 aromatic carbocycles. The molecule has 0 radical (unpaired) electrons. The summed E-state index contributed by atoms with van der Waals surface area (Å²) < 4.78 is 10.9. The maximum atomic E-state index is 12.3. The normalized spacial score (nSPS) is 11.6. The first-order valence-electron chi connectivity index (χ1n) is 7.95. The van der Waals surface area contributed by atoms with Gasteiger partial charge in [0.25, 0.3) is 5.91 Å². The van der Waals surface area contributed by atoms with Gasteiger partial charge in [0.05, 0.1) is 7.11 Å². The third-order valence-electron chi connectivity index (χ3n) is 3.61. The molecule has 0 unspecified atom stereocenters. The maximum absolute atomic E-state index is 12.3. The number of ether oxygens (including phenoxy) is 2. The Labute approximate surface area is 147 Å². The molecule has 1 atom stereocenters. The molecule has 0 aromatic heterocycles. The number of hydrogen-bond donors (Lipinski definition) is 1. The minimum atomic E-state index is -0.528. The summed E-state index contributed by atoms with van der Waals surface area (Å²) in [7, 11) is 1.64. The number of benzene rings is 2. The lowest BCUT2D eigenvalue weighted by molar-refractivity contribution is -0.128. The number of carbonyl (C=O) groups is 1. The number of amides is 1. The summed E-state index contributed by atoms with van der Waals surface area (Å²) in [6.45, 7) is 2.47. The second-order valence-corrected chi connectivity index (χ2v) is 5.80. The summed E-state index contributed by atoms with van der Waals surface area (Å²) in [4.78, 5) is 12.3. The van der Waals surface area contributed by atoms with E-state index in [-0.39, 0.29) is 5.91 Å². The lowest BCUT2D eigenvalue weighted by Gasteiger charge is -2.17. The third kappa shape index (κ3) is 5.46. The van der Waals surface area contributed by atoms with Crippen LogP contribution in [0.25, 0.3) is 0 Å². The number of hydrogen-bond acceptors (Lipinski definition) is 3. The van der Waals surface area contributed by atoms with Gasteiger partial charge in [-0.1, -0.05) is 36.7 Å². The van der Waals surface area contributed by atoms with Gasteiger partial charge >= 0.3 is 0 Å². The SMILES string of the molecule is CC[C@@H](Oc1cccc(Cl)c1)C(=O)NCCc1ccc(OC)cc1. The van der Waals surface area contributed by atoms with Crippen molar-refractivity contribution in [1.82, 2.24) is 5.32 Å². The molecule has 0 aliphatic carbocycles. The predicted molar refractivity (Wildman–Crippen MR) is 95.9 cm³/mol. The summed E-state index contributed by atoms with van der Waals surface area (Å²) in [5.74, 6) is 1.30. The highest BCUT2D eigenvalue weighted by Crippen LogP contribution is 2.19. The Bertz CT molecular complexity index is 658. The van der Waals surface area contributed by atoms with Crippen LogP contribution in [0.2, 0.25) is 5.02 Å². The average molecular weight is 348 g/mol. The molecule has 128 valence electrons. The summed E-state index contributed by atoms with van der Waals surface area (Å²) in [6, 6.07) is 14.9. The molecule has 0 fully saturated rings. The fraction of sp³-hybridized carbons (Fsp3) is 0.316. The number of carbonyl (C=O) groups excluding carboxylic acids is 1. The molecular formula is C19H22ClNO3. The average Bonchev–Trinajstić information content (AvgIpc) is 2.60. The van der Waals surface area contributed by atoms with Gasteiger partial charge in [-0.25, -0.2) is 0 Å². The van der Waals surface area contributed by atoms with Crippen molar-refractivity contribution in [2.75, 3.05) is 13.7 Å². The van der Waals surface area contributed by atoms with Crippen LogP contribution >= 0.6 is 11.6 Å². The van der Waals surface area contributed by atoms with Crippen molar-refractivity contribution in [2.24, 2.45) is 0 Å². The van der Waals surface area contributed by atoms with Crippen molar-refractivity contribution in [2.45, 2.75) is 25.9 Å². The molecule has 0 saturated heterocycles. The number of nitrogens with one attached hydrogen (secondary N) is 1. The number of rotatable bonds is 8. The Morgan fingerprint density at radius 2 is 1.92 bits per heavy atom. The highest BCUT2D eigenvalue weighted by molar-refractivity contribution is 6.30. The summed E-state index contributed by atoms with van der Waals surface area (Å²) in [6.07, 6.45) is 0.809. The molecule has 0 aliphatic rings. The Kier molecular flexibility index (Phi) is 6.94. The zero-order chi connectivity index (χ0) is 17.4. The highest BCUT2D eigenvalue weighted by Gasteiger charge is 2.17. The standard InChI is InChI=1S/C19H22ClNO3/c1-3-18(24-17-6-4-5-15(20)13-17)19(22)21-12-11-14-7-9-16(23-2)10-8-14/h4-10,13,18H,3,11-12H2,1-2H3,(H,21,22)/t18-/m1/s1. The van der Waals surface area contributed by atoms with Crippen molar-refractivity contribution in [3.8, 4) is 11.5 Å². The van der Waals surface area contributed by atoms with Crippen LogP contribution in [0.3, 0.4) is 0 Å². The fourth-order valence-corrected chi connectivity index (χ4v) is 2.44. The second-order valence-electron chi connectivity index (χ2n) is 5.36. The largest absolute Gasteiger partial charge is 0.497 e. The van der Waals surface area contributed by atoms with Crippen molar-refractivity contribution in [3.63, 3.8) is 0 Å². The van der Waals surface area contributed by atoms with Gasteiger partial charge in [-0.05, 0) is 48.7 Å². The van der Waals surface area contributed by atoms with E-state index >= 15 is 0 Å². The minimum Gasteiger partial charge on any atom is -0.497 e. The molecule has 0 spiro atoms. The monoisotopic (exact) mass is 347 g/mol. The Morgan fingerprint density at radius 1 is 1.17 bits per heavy atom. The third-order valence-corrected chi connectivity index (χ3v) is 3.84. The van der Waals surface area contributed by atoms with Crippen molar-refractivity contribution >= 4 is 17.5 Å². The van der Waals surface area contributed by atoms with Crippen LogP contribution < -0.4 is 14.8 Å². The van der Waals surface area contributed by atoms with Gasteiger partial charge in [0.1, 0.15) is 11.5 Å². The van der Waals surface area contributed by atoms with Crippen LogP contribution in [0.1, 0.15) is 18.9 Å². The molecule has 4 nitrogen and oxygen atoms in total. The Balaban J connectivity index is 1.82. The molecule has 0 saturated carbocycles. The van der Waals surface area contributed by atoms with Crippen molar-refractivity contribution < 1.29 is 14.3 Å². The van der Waals surface area contributed by atoms with Gasteiger partial charge < -0.3 is 14.8 Å². The number of halogens is 1. The van der Waals surface area contributed by atoms with E-state index < -0.39 is 6.10 Å². The smallest absolute Gasteiger partial charge is 0.261 e. The van der Waals surface area contributed by atoms with Gasteiger partial charge in [-0.15, -0.1) is 0 Å². The quantitative estimate of drug-likeness (QED) is 0.788. The van der Waals surface area contributed by atoms with Crippen LogP contribution in [0.5, 0.6) is 11.5 Å². The molecule has 0 heterocycles. The molecule has 2 aromatic rings. The van der Waals surface area contributed by atoms with E-state index in [0.717, 1.165) is 17.7 Å². The number of methoxy groups -OCH3 is 1. The molecule has 24 heavy (non-hydrogen) atoms. The molecule has 2 rings (SSSR count). The van der Waals surface area contributed by atoms with Crippen LogP contribution in [0, 0.1) is 0 Å². The van der Waals surface area contributed by atoms with Crippen LogP contribution in [0.4, 0.5) is 0 Å². The lowest BCUT2D eigenvalue weighted by atomic mass is 10.1. The van der Waals surface area contributed by atoms with Crippen LogP contribution in [-0.4, -0.2) is 25.7 Å². The molecular weight excluding hydrogens is 326 g/mol. The van der Waals surface area contributed by atoms with Crippen molar-refractivity contribution in [1.29, 1.82) is 0 Å². The van der Waals surface area contributed by atoms with E-state index in [0.29, 0.717) is 23.7 Å². The van der Waals surface area contributed by atoms with Gasteiger partial charge in [0.2, 0.25) is 0 Å². The Morgan fingerprint density at radius 3 is 2.54 bits per heavy atom. The molecule has 5 heteroatoms. The molecule has 0 bridgehead atoms. The predicted octanol–water partition coefficient (Wildman–Crippen LogP) is 3.86. The van der Waals surface area contributed by atoms with E-state index in [9.17, 15) is 4.79 Å². The van der Waals surface area contributed by atoms with Gasteiger partial charge in [-0.2, -0.15) is 0 Å². The highest BCUT2D eigenvalue weighted by atomic mass is 35.5. The van der Waals surface area contributed by atoms with E-state index in [4.69, 9.17) is 21.1 Å². The maximum Gasteiger partial charge on any atom is 0.261 e. The Hall–Kier alpha value is -2.20. The zero-order valence-corrected chi connectivity index (χ0v) is 14.7. The van der Waals surface area contributed by atoms with Gasteiger partial charge in [-0.3, -0.25) is 4.79 Å². The van der Waals surface area contributed by atoms with Gasteiger partial charge in [0, 0.05) is 11.6 Å². The van der Waals surface area contributed by atoms with Crippen LogP contribution in [-0.2, 0) is 11.2 Å². The van der Waals surface area contributed by atoms with E-state index in [2.05, 4.69) is 5.32 Å². The molecule has 1 amide bonds. The van der Waals surface area contributed by atoms with E-state index in [1.54, 1.807) is 31.4 Å². The second kappa shape index (κ2) is 9.18. The fourth-order valence-electron chi connectivity index (χ4n) is 2.26. The minimum absolute atomic E-state index is 0.119. The summed E-state index contributed by atoms with van der Waals surface area (Å²) >= 11 is 5.93. The topological polar surface area (TPSA) is 47.6 Å².